The van der Waals surface area contributed by atoms with E-state index in [0.717, 1.165) is 18.8 Å². The van der Waals surface area contributed by atoms with Gasteiger partial charge in [0.1, 0.15) is 5.78 Å². The van der Waals surface area contributed by atoms with Crippen LogP contribution >= 0.6 is 0 Å². The third kappa shape index (κ3) is 17.9. The van der Waals surface area contributed by atoms with Crippen molar-refractivity contribution >= 4 is 5.78 Å². The molecule has 0 saturated heterocycles. The summed E-state index contributed by atoms with van der Waals surface area (Å²) < 4.78 is 0. The van der Waals surface area contributed by atoms with Gasteiger partial charge in [-0.15, -0.1) is 0 Å². The van der Waals surface area contributed by atoms with Crippen LogP contribution in [0.25, 0.3) is 0 Å². The maximum Gasteiger partial charge on any atom is 0.129 e. The van der Waals surface area contributed by atoms with Crippen LogP contribution in [0.1, 0.15) is 130 Å². The molecule has 0 spiro atoms. The minimum atomic E-state index is 0.348. The van der Waals surface area contributed by atoms with Crippen molar-refractivity contribution < 1.29 is 4.79 Å². The van der Waals surface area contributed by atoms with Crippen LogP contribution in [0.5, 0.6) is 0 Å². The molecule has 0 radical (unpaired) electrons. The molecule has 0 aliphatic carbocycles. The van der Waals surface area contributed by atoms with E-state index in [1.54, 1.807) is 6.92 Å². The molecule has 0 rings (SSSR count). The highest BCUT2D eigenvalue weighted by atomic mass is 16.1. The van der Waals surface area contributed by atoms with E-state index in [4.69, 9.17) is 0 Å². The molecule has 0 aliphatic heterocycles. The topological polar surface area (TPSA) is 17.1 Å². The molecule has 0 aromatic heterocycles. The van der Waals surface area contributed by atoms with E-state index in [2.05, 4.69) is 13.8 Å². The average Bonchev–Trinajstić information content (AvgIpc) is 2.53. The average molecular weight is 325 g/mol. The number of ketones is 1. The molecule has 1 heteroatoms. The van der Waals surface area contributed by atoms with Crippen molar-refractivity contribution in [1.82, 2.24) is 0 Å². The van der Waals surface area contributed by atoms with Gasteiger partial charge in [-0.1, -0.05) is 110 Å². The molecule has 0 fully saturated rings. The number of unbranched alkanes of at least 4 members (excludes halogenated alkanes) is 11. The van der Waals surface area contributed by atoms with Crippen LogP contribution in [0.4, 0.5) is 0 Å². The van der Waals surface area contributed by atoms with E-state index in [1.807, 2.05) is 0 Å². The molecule has 0 aromatic rings. The van der Waals surface area contributed by atoms with Crippen LogP contribution in [0.15, 0.2) is 0 Å². The Morgan fingerprint density at radius 3 is 1.48 bits per heavy atom. The predicted molar refractivity (Wildman–Crippen MR) is 104 cm³/mol. The fourth-order valence-electron chi connectivity index (χ4n) is 3.54. The van der Waals surface area contributed by atoms with Crippen LogP contribution in [0, 0.1) is 5.92 Å². The summed E-state index contributed by atoms with van der Waals surface area (Å²) in [6.07, 6.45) is 23.0. The van der Waals surface area contributed by atoms with Crippen molar-refractivity contribution in [3.8, 4) is 0 Å². The van der Waals surface area contributed by atoms with Crippen molar-refractivity contribution in [2.75, 3.05) is 0 Å². The summed E-state index contributed by atoms with van der Waals surface area (Å²) >= 11 is 0. The van der Waals surface area contributed by atoms with Crippen LogP contribution in [0.3, 0.4) is 0 Å². The first-order valence-corrected chi connectivity index (χ1v) is 10.7. The Morgan fingerprint density at radius 1 is 0.652 bits per heavy atom. The smallest absolute Gasteiger partial charge is 0.129 e. The van der Waals surface area contributed by atoms with Gasteiger partial charge in [0, 0.05) is 6.42 Å². The molecule has 23 heavy (non-hydrogen) atoms. The number of Topliss-reactive ketones (excluding diaryl/α,β-unsaturated/α-hetero) is 1. The summed E-state index contributed by atoms with van der Waals surface area (Å²) in [6, 6.07) is 0. The number of rotatable bonds is 18. The zero-order chi connectivity index (χ0) is 17.2. The van der Waals surface area contributed by atoms with E-state index >= 15 is 0 Å². The van der Waals surface area contributed by atoms with Gasteiger partial charge in [0.05, 0.1) is 0 Å². The maximum atomic E-state index is 10.8. The van der Waals surface area contributed by atoms with Gasteiger partial charge in [0.25, 0.3) is 0 Å². The number of hydrogen-bond donors (Lipinski definition) is 0. The minimum absolute atomic E-state index is 0.348. The van der Waals surface area contributed by atoms with E-state index in [-0.39, 0.29) is 0 Å². The van der Waals surface area contributed by atoms with Crippen LogP contribution in [-0.4, -0.2) is 5.78 Å². The lowest BCUT2D eigenvalue weighted by Crippen LogP contribution is -1.97. The first kappa shape index (κ1) is 22.7. The zero-order valence-corrected chi connectivity index (χ0v) is 16.5. The Hall–Kier alpha value is -0.330. The van der Waals surface area contributed by atoms with E-state index in [1.165, 1.54) is 96.3 Å². The second kappa shape index (κ2) is 18.0. The van der Waals surface area contributed by atoms with Crippen molar-refractivity contribution in [3.05, 3.63) is 0 Å². The Bertz CT molecular complexity index is 246. The quantitative estimate of drug-likeness (QED) is 0.234. The summed E-state index contributed by atoms with van der Waals surface area (Å²) in [5.41, 5.74) is 0. The van der Waals surface area contributed by atoms with Crippen molar-refractivity contribution in [1.29, 1.82) is 0 Å². The first-order valence-electron chi connectivity index (χ1n) is 10.7. The van der Waals surface area contributed by atoms with Crippen LogP contribution in [-0.2, 0) is 4.79 Å². The number of carbonyl (C=O) groups is 1. The van der Waals surface area contributed by atoms with Crippen molar-refractivity contribution in [2.24, 2.45) is 5.92 Å². The highest BCUT2D eigenvalue weighted by Crippen LogP contribution is 2.19. The molecule has 0 heterocycles. The second-order valence-corrected chi connectivity index (χ2v) is 7.55. The second-order valence-electron chi connectivity index (χ2n) is 7.55. The summed E-state index contributed by atoms with van der Waals surface area (Å²) in [5, 5.41) is 0. The zero-order valence-electron chi connectivity index (χ0n) is 16.5. The van der Waals surface area contributed by atoms with Crippen molar-refractivity contribution in [2.45, 2.75) is 130 Å². The summed E-state index contributed by atoms with van der Waals surface area (Å²) in [4.78, 5) is 10.8. The summed E-state index contributed by atoms with van der Waals surface area (Å²) in [5.74, 6) is 1.34. The lowest BCUT2D eigenvalue weighted by Gasteiger charge is -2.13. The Kier molecular flexibility index (Phi) is 17.8. The largest absolute Gasteiger partial charge is 0.300 e. The Labute approximate surface area is 147 Å². The summed E-state index contributed by atoms with van der Waals surface area (Å²) in [6.45, 7) is 6.37. The lowest BCUT2D eigenvalue weighted by molar-refractivity contribution is -0.117. The SMILES string of the molecule is CCCC(CC)CCCCCCCCCCCCCCC(C)=O. The fraction of sp³-hybridized carbons (Fsp3) is 0.955. The Morgan fingerprint density at radius 2 is 1.09 bits per heavy atom. The van der Waals surface area contributed by atoms with Gasteiger partial charge in [-0.2, -0.15) is 0 Å². The fourth-order valence-corrected chi connectivity index (χ4v) is 3.54. The standard InChI is InChI=1S/C22H44O/c1-4-18-22(5-2)20-17-15-13-11-9-7-6-8-10-12-14-16-19-21(3)23/h22H,4-20H2,1-3H3. The molecule has 138 valence electrons. The van der Waals surface area contributed by atoms with Gasteiger partial charge in [-0.05, 0) is 19.3 Å². The highest BCUT2D eigenvalue weighted by molar-refractivity contribution is 5.75. The molecular formula is C22H44O. The van der Waals surface area contributed by atoms with Gasteiger partial charge in [0.2, 0.25) is 0 Å². The van der Waals surface area contributed by atoms with Gasteiger partial charge in [-0.3, -0.25) is 0 Å². The molecule has 0 amide bonds. The van der Waals surface area contributed by atoms with Gasteiger partial charge in [-0.25, -0.2) is 0 Å². The van der Waals surface area contributed by atoms with E-state index in [9.17, 15) is 4.79 Å². The van der Waals surface area contributed by atoms with Gasteiger partial charge >= 0.3 is 0 Å². The predicted octanol–water partition coefficient (Wildman–Crippen LogP) is 7.86. The lowest BCUT2D eigenvalue weighted by atomic mass is 9.94. The van der Waals surface area contributed by atoms with Crippen LogP contribution in [0.2, 0.25) is 0 Å². The molecule has 1 atom stereocenters. The molecule has 0 aromatic carbocycles. The highest BCUT2D eigenvalue weighted by Gasteiger charge is 2.04. The molecule has 0 N–H and O–H groups in total. The maximum absolute atomic E-state index is 10.8. The van der Waals surface area contributed by atoms with Gasteiger partial charge in [0.15, 0.2) is 0 Å². The van der Waals surface area contributed by atoms with Gasteiger partial charge < -0.3 is 4.79 Å². The van der Waals surface area contributed by atoms with Crippen molar-refractivity contribution in [3.63, 3.8) is 0 Å². The molecule has 0 saturated carbocycles. The van der Waals surface area contributed by atoms with Crippen LogP contribution < -0.4 is 0 Å². The number of carbonyl (C=O) groups excluding carboxylic acids is 1. The van der Waals surface area contributed by atoms with E-state index in [0.29, 0.717) is 5.78 Å². The molecule has 1 nitrogen and oxygen atoms in total. The monoisotopic (exact) mass is 324 g/mol. The molecular weight excluding hydrogens is 280 g/mol. The third-order valence-electron chi connectivity index (χ3n) is 5.17. The first-order chi connectivity index (χ1) is 11.2. The molecule has 0 bridgehead atoms. The van der Waals surface area contributed by atoms with E-state index < -0.39 is 0 Å². The third-order valence-corrected chi connectivity index (χ3v) is 5.17. The summed E-state index contributed by atoms with van der Waals surface area (Å²) in [7, 11) is 0. The number of hydrogen-bond acceptors (Lipinski definition) is 1. The molecule has 1 unspecified atom stereocenters. The minimum Gasteiger partial charge on any atom is -0.300 e. The Balaban J connectivity index is 3.12. The normalized spacial score (nSPS) is 12.5. The molecule has 0 aliphatic rings.